The third-order valence-corrected chi connectivity index (χ3v) is 3.57. The number of hydrazine groups is 1. The van der Waals surface area contributed by atoms with Gasteiger partial charge < -0.3 is 11.1 Å². The predicted molar refractivity (Wildman–Crippen MR) is 98.7 cm³/mol. The number of hydrogen-bond donors (Lipinski definition) is 4. The normalized spacial score (nSPS) is 10.1. The van der Waals surface area contributed by atoms with Crippen LogP contribution >= 0.6 is 11.6 Å². The molecule has 0 atom stereocenters. The number of nitrogens with two attached hydrogens (primary N) is 1. The van der Waals surface area contributed by atoms with Gasteiger partial charge in [-0.15, -0.1) is 0 Å². The smallest absolute Gasteiger partial charge is 0.269 e. The van der Waals surface area contributed by atoms with Gasteiger partial charge in [-0.05, 0) is 36.4 Å². The zero-order valence-electron chi connectivity index (χ0n) is 13.0. The number of anilines is 4. The van der Waals surface area contributed by atoms with Gasteiger partial charge in [0.25, 0.3) is 5.91 Å². The van der Waals surface area contributed by atoms with E-state index in [0.717, 1.165) is 5.69 Å². The lowest BCUT2D eigenvalue weighted by molar-refractivity contribution is 0.0962. The molecule has 3 aromatic rings. The Morgan fingerprint density at radius 1 is 0.960 bits per heavy atom. The second-order valence-corrected chi connectivity index (χ2v) is 5.50. The lowest BCUT2D eigenvalue weighted by atomic mass is 10.2. The van der Waals surface area contributed by atoms with Crippen LogP contribution in [0.5, 0.6) is 0 Å². The van der Waals surface area contributed by atoms with E-state index in [1.807, 2.05) is 6.07 Å². The molecule has 0 aliphatic rings. The molecule has 25 heavy (non-hydrogen) atoms. The van der Waals surface area contributed by atoms with E-state index in [0.29, 0.717) is 16.4 Å². The van der Waals surface area contributed by atoms with Crippen LogP contribution in [0.15, 0.2) is 60.9 Å². The minimum Gasteiger partial charge on any atom is -0.393 e. The van der Waals surface area contributed by atoms with Crippen LogP contribution < -0.4 is 21.9 Å². The summed E-state index contributed by atoms with van der Waals surface area (Å²) >= 11 is 5.86. The molecule has 0 bridgehead atoms. The molecule has 0 saturated heterocycles. The molecule has 5 N–H and O–H groups in total. The summed E-state index contributed by atoms with van der Waals surface area (Å²) in [5.74, 6) is 0.398. The van der Waals surface area contributed by atoms with Gasteiger partial charge in [0.2, 0.25) is 0 Å². The Kier molecular flexibility index (Phi) is 4.96. The van der Waals surface area contributed by atoms with Crippen molar-refractivity contribution in [1.82, 2.24) is 15.4 Å². The number of nitrogens with zero attached hydrogens (tertiary/aromatic N) is 2. The number of halogens is 1. The third kappa shape index (κ3) is 4.15. The summed E-state index contributed by atoms with van der Waals surface area (Å²) in [6, 6.07) is 15.9. The van der Waals surface area contributed by atoms with Crippen LogP contribution in [-0.4, -0.2) is 15.9 Å². The first-order valence-corrected chi connectivity index (χ1v) is 7.76. The zero-order valence-corrected chi connectivity index (χ0v) is 13.8. The Labute approximate surface area is 149 Å². The van der Waals surface area contributed by atoms with Crippen molar-refractivity contribution in [2.45, 2.75) is 0 Å². The Balaban J connectivity index is 1.70. The molecule has 0 spiro atoms. The molecule has 1 heterocycles. The van der Waals surface area contributed by atoms with Crippen LogP contribution in [0.3, 0.4) is 0 Å². The maximum absolute atomic E-state index is 12.1. The summed E-state index contributed by atoms with van der Waals surface area (Å²) in [5.41, 5.74) is 12.9. The van der Waals surface area contributed by atoms with Crippen LogP contribution in [0, 0.1) is 0 Å². The molecule has 2 aromatic carbocycles. The Bertz CT molecular complexity index is 870. The number of aromatic nitrogens is 2. The summed E-state index contributed by atoms with van der Waals surface area (Å²) in [6.07, 6.45) is 1.34. The number of rotatable bonds is 5. The fourth-order valence-electron chi connectivity index (χ4n) is 2.04. The number of carbonyl (C=O) groups is 1. The molecule has 7 nitrogen and oxygen atoms in total. The van der Waals surface area contributed by atoms with Crippen molar-refractivity contribution in [1.29, 1.82) is 0 Å². The first-order valence-electron chi connectivity index (χ1n) is 7.38. The first kappa shape index (κ1) is 16.5. The van der Waals surface area contributed by atoms with E-state index in [-0.39, 0.29) is 17.4 Å². The molecule has 0 unspecified atom stereocenters. The van der Waals surface area contributed by atoms with E-state index >= 15 is 0 Å². The number of nitrogen functional groups attached to an aromatic ring is 1. The van der Waals surface area contributed by atoms with Crippen molar-refractivity contribution in [2.75, 3.05) is 16.5 Å². The average Bonchev–Trinajstić information content (AvgIpc) is 2.64. The van der Waals surface area contributed by atoms with Gasteiger partial charge >= 0.3 is 0 Å². The summed E-state index contributed by atoms with van der Waals surface area (Å²) in [7, 11) is 0. The number of carbonyl (C=O) groups excluding carboxylic acids is 1. The van der Waals surface area contributed by atoms with Crippen molar-refractivity contribution < 1.29 is 4.79 Å². The molecule has 8 heteroatoms. The van der Waals surface area contributed by atoms with Crippen molar-refractivity contribution in [3.8, 4) is 0 Å². The van der Waals surface area contributed by atoms with E-state index in [2.05, 4.69) is 26.1 Å². The molecule has 0 fully saturated rings. The number of benzene rings is 2. The van der Waals surface area contributed by atoms with E-state index in [4.69, 9.17) is 17.3 Å². The molecule has 0 aliphatic heterocycles. The van der Waals surface area contributed by atoms with Gasteiger partial charge in [-0.25, -0.2) is 9.97 Å². The highest BCUT2D eigenvalue weighted by atomic mass is 35.5. The van der Waals surface area contributed by atoms with E-state index in [1.54, 1.807) is 48.5 Å². The van der Waals surface area contributed by atoms with Crippen LogP contribution in [0.1, 0.15) is 10.4 Å². The molecular formula is C17H15ClN6O. The van der Waals surface area contributed by atoms with Crippen molar-refractivity contribution in [3.05, 3.63) is 71.5 Å². The maximum Gasteiger partial charge on any atom is 0.269 e. The largest absolute Gasteiger partial charge is 0.393 e. The zero-order chi connectivity index (χ0) is 17.6. The van der Waals surface area contributed by atoms with Gasteiger partial charge in [0.1, 0.15) is 12.0 Å². The van der Waals surface area contributed by atoms with Crippen molar-refractivity contribution in [3.63, 3.8) is 0 Å². The van der Waals surface area contributed by atoms with Gasteiger partial charge in [0.05, 0.1) is 0 Å². The lowest BCUT2D eigenvalue weighted by Crippen LogP contribution is -2.30. The molecule has 0 aliphatic carbocycles. The second kappa shape index (κ2) is 7.50. The summed E-state index contributed by atoms with van der Waals surface area (Å²) in [4.78, 5) is 20.2. The van der Waals surface area contributed by atoms with Crippen molar-refractivity contribution in [2.24, 2.45) is 0 Å². The Morgan fingerprint density at radius 2 is 1.64 bits per heavy atom. The Morgan fingerprint density at radius 3 is 2.36 bits per heavy atom. The second-order valence-electron chi connectivity index (χ2n) is 5.06. The Hall–Kier alpha value is -3.32. The molecule has 126 valence electrons. The minimum atomic E-state index is -0.300. The molecule has 0 saturated carbocycles. The predicted octanol–water partition coefficient (Wildman–Crippen LogP) is 3.21. The molecular weight excluding hydrogens is 340 g/mol. The van der Waals surface area contributed by atoms with Gasteiger partial charge in [-0.3, -0.25) is 15.6 Å². The van der Waals surface area contributed by atoms with Gasteiger partial charge in [-0.1, -0.05) is 29.8 Å². The number of nitrogens with one attached hydrogen (secondary N) is 3. The van der Waals surface area contributed by atoms with E-state index < -0.39 is 0 Å². The summed E-state index contributed by atoms with van der Waals surface area (Å²) in [6.45, 7) is 0. The van der Waals surface area contributed by atoms with Gasteiger partial charge in [0, 0.05) is 16.3 Å². The molecule has 1 amide bonds. The highest BCUT2D eigenvalue weighted by Crippen LogP contribution is 2.25. The topological polar surface area (TPSA) is 105 Å². The highest BCUT2D eigenvalue weighted by molar-refractivity contribution is 6.30. The fourth-order valence-corrected chi connectivity index (χ4v) is 2.17. The molecule has 3 rings (SSSR count). The monoisotopic (exact) mass is 354 g/mol. The van der Waals surface area contributed by atoms with Gasteiger partial charge in [-0.2, -0.15) is 0 Å². The van der Waals surface area contributed by atoms with E-state index in [1.165, 1.54) is 6.33 Å². The fraction of sp³-hybridized carbons (Fsp3) is 0. The average molecular weight is 355 g/mol. The van der Waals surface area contributed by atoms with Crippen LogP contribution in [-0.2, 0) is 0 Å². The first-order chi connectivity index (χ1) is 12.1. The molecule has 0 radical (unpaired) electrons. The SMILES string of the molecule is Nc1c(NNC(=O)c2ccccc2)ncnc1Nc1ccc(Cl)cc1. The van der Waals surface area contributed by atoms with Crippen LogP contribution in [0.4, 0.5) is 23.0 Å². The maximum atomic E-state index is 12.1. The van der Waals surface area contributed by atoms with Crippen LogP contribution in [0.2, 0.25) is 5.02 Å². The molecule has 1 aromatic heterocycles. The number of amides is 1. The third-order valence-electron chi connectivity index (χ3n) is 3.32. The summed E-state index contributed by atoms with van der Waals surface area (Å²) in [5, 5.41) is 3.70. The number of hydrogen-bond acceptors (Lipinski definition) is 6. The quantitative estimate of drug-likeness (QED) is 0.524. The minimum absolute atomic E-state index is 0.269. The van der Waals surface area contributed by atoms with Crippen LogP contribution in [0.25, 0.3) is 0 Å². The van der Waals surface area contributed by atoms with Crippen molar-refractivity contribution >= 4 is 40.5 Å². The van der Waals surface area contributed by atoms with Gasteiger partial charge in [0.15, 0.2) is 11.6 Å². The highest BCUT2D eigenvalue weighted by Gasteiger charge is 2.10. The standard InChI is InChI=1S/C17H15ClN6O/c18-12-6-8-13(9-7-12)22-15-14(19)16(21-10-20-15)23-24-17(25)11-4-2-1-3-5-11/h1-10H,19H2,(H,24,25)(H2,20,21,22,23). The van der Waals surface area contributed by atoms with E-state index in [9.17, 15) is 4.79 Å². The summed E-state index contributed by atoms with van der Waals surface area (Å²) < 4.78 is 0. The lowest BCUT2D eigenvalue weighted by Gasteiger charge is -2.13.